The number of unbranched alkanes of at least 4 members (excludes halogenated alkanes) is 6. The molecule has 0 N–H and O–H groups in total. The summed E-state index contributed by atoms with van der Waals surface area (Å²) in [5, 5.41) is 0. The fraction of sp³-hybridized carbons (Fsp3) is 0.647. The lowest BCUT2D eigenvalue weighted by molar-refractivity contribution is -0.0186. The molecule has 0 spiro atoms. The maximum atomic E-state index is 5.77. The Bertz CT molecular complexity index is 800. The minimum atomic E-state index is 0.535. The van der Waals surface area contributed by atoms with E-state index in [1.165, 1.54) is 56.1 Å². The highest BCUT2D eigenvalue weighted by Crippen LogP contribution is 2.15. The molecule has 0 atom stereocenters. The minimum Gasteiger partial charge on any atom is -0.491 e. The van der Waals surface area contributed by atoms with Crippen LogP contribution in [-0.4, -0.2) is 79.3 Å². The van der Waals surface area contributed by atoms with Gasteiger partial charge in [0.1, 0.15) is 12.4 Å². The van der Waals surface area contributed by atoms with Crippen molar-refractivity contribution in [1.29, 1.82) is 0 Å². The second kappa shape index (κ2) is 26.9. The molecule has 0 aliphatic rings. The second-order valence-corrected chi connectivity index (χ2v) is 9.96. The molecule has 7 heteroatoms. The van der Waals surface area contributed by atoms with Crippen LogP contribution in [0.3, 0.4) is 0 Å². The van der Waals surface area contributed by atoms with Crippen molar-refractivity contribution in [3.63, 3.8) is 0 Å². The summed E-state index contributed by atoms with van der Waals surface area (Å²) in [4.78, 5) is 0. The summed E-state index contributed by atoms with van der Waals surface area (Å²) in [6.45, 7) is 9.43. The third-order valence-corrected chi connectivity index (χ3v) is 6.46. The van der Waals surface area contributed by atoms with E-state index in [1.54, 1.807) is 0 Å². The molecule has 0 bridgehead atoms. The zero-order valence-corrected chi connectivity index (χ0v) is 25.4. The van der Waals surface area contributed by atoms with Gasteiger partial charge >= 0.3 is 0 Å². The third kappa shape index (κ3) is 21.4. The van der Waals surface area contributed by atoms with Crippen molar-refractivity contribution in [3.05, 3.63) is 65.7 Å². The molecule has 7 nitrogen and oxygen atoms in total. The van der Waals surface area contributed by atoms with Gasteiger partial charge in [0.15, 0.2) is 0 Å². The van der Waals surface area contributed by atoms with Gasteiger partial charge in [0.2, 0.25) is 0 Å². The Balaban J connectivity index is 1.25. The van der Waals surface area contributed by atoms with E-state index in [0.29, 0.717) is 85.9 Å². The number of hydrogen-bond donors (Lipinski definition) is 0. The maximum absolute atomic E-state index is 5.77. The summed E-state index contributed by atoms with van der Waals surface area (Å²) in [5.74, 6) is 0.894. The second-order valence-electron chi connectivity index (χ2n) is 9.96. The highest BCUT2D eigenvalue weighted by atomic mass is 16.6. The summed E-state index contributed by atoms with van der Waals surface area (Å²) < 4.78 is 39.0. The summed E-state index contributed by atoms with van der Waals surface area (Å²) in [5.41, 5.74) is 2.55. The summed E-state index contributed by atoms with van der Waals surface area (Å²) in [6, 6.07) is 18.6. The van der Waals surface area contributed by atoms with Gasteiger partial charge in [0, 0.05) is 0 Å². The summed E-state index contributed by atoms with van der Waals surface area (Å²) in [7, 11) is 0. The monoisotopic (exact) mass is 574 g/mol. The molecular formula is C34H54O7. The molecule has 2 rings (SSSR count). The van der Waals surface area contributed by atoms with Crippen molar-refractivity contribution in [2.75, 3.05) is 79.3 Å². The number of ether oxygens (including phenoxy) is 7. The predicted molar refractivity (Wildman–Crippen MR) is 164 cm³/mol. The van der Waals surface area contributed by atoms with Crippen LogP contribution in [0.4, 0.5) is 0 Å². The van der Waals surface area contributed by atoms with E-state index in [9.17, 15) is 0 Å². The number of hydrogen-bond acceptors (Lipinski definition) is 7. The van der Waals surface area contributed by atoms with E-state index >= 15 is 0 Å². The van der Waals surface area contributed by atoms with Crippen LogP contribution in [0.1, 0.15) is 63.0 Å². The van der Waals surface area contributed by atoms with Crippen LogP contribution in [0.15, 0.2) is 54.6 Å². The van der Waals surface area contributed by atoms with E-state index in [1.807, 2.05) is 30.3 Å². The minimum absolute atomic E-state index is 0.535. The Labute approximate surface area is 248 Å². The van der Waals surface area contributed by atoms with Gasteiger partial charge in [0.05, 0.1) is 79.3 Å². The molecule has 0 radical (unpaired) electrons. The molecule has 0 amide bonds. The Morgan fingerprint density at radius 2 is 0.878 bits per heavy atom. The van der Waals surface area contributed by atoms with E-state index < -0.39 is 0 Å². The SMILES string of the molecule is CCCCCCCCCc1ccc(OCCOCCOCCOCCOCCOCCOCc2ccccc2)cc1. The zero-order valence-electron chi connectivity index (χ0n) is 25.4. The molecule has 0 saturated heterocycles. The van der Waals surface area contributed by atoms with Gasteiger partial charge in [0.25, 0.3) is 0 Å². The Hall–Kier alpha value is -2.00. The summed E-state index contributed by atoms with van der Waals surface area (Å²) in [6.07, 6.45) is 10.6. The highest BCUT2D eigenvalue weighted by molar-refractivity contribution is 5.27. The molecule has 2 aromatic carbocycles. The largest absolute Gasteiger partial charge is 0.491 e. The van der Waals surface area contributed by atoms with E-state index in [2.05, 4.69) is 31.2 Å². The first-order valence-corrected chi connectivity index (χ1v) is 15.6. The van der Waals surface area contributed by atoms with Crippen molar-refractivity contribution < 1.29 is 33.2 Å². The lowest BCUT2D eigenvalue weighted by atomic mass is 10.0. The first kappa shape index (κ1) is 35.2. The molecule has 41 heavy (non-hydrogen) atoms. The van der Waals surface area contributed by atoms with Crippen molar-refractivity contribution in [2.24, 2.45) is 0 Å². The molecule has 2 aromatic rings. The molecule has 0 aliphatic carbocycles. The number of aryl methyl sites for hydroxylation is 1. The van der Waals surface area contributed by atoms with Crippen LogP contribution >= 0.6 is 0 Å². The first-order valence-electron chi connectivity index (χ1n) is 15.6. The maximum Gasteiger partial charge on any atom is 0.119 e. The lowest BCUT2D eigenvalue weighted by Gasteiger charge is -2.09. The van der Waals surface area contributed by atoms with Crippen molar-refractivity contribution in [3.8, 4) is 5.75 Å². The van der Waals surface area contributed by atoms with Gasteiger partial charge in [-0.25, -0.2) is 0 Å². The molecule has 0 heterocycles. The Morgan fingerprint density at radius 1 is 0.415 bits per heavy atom. The fourth-order valence-electron chi connectivity index (χ4n) is 4.12. The van der Waals surface area contributed by atoms with Gasteiger partial charge in [-0.3, -0.25) is 0 Å². The smallest absolute Gasteiger partial charge is 0.119 e. The zero-order chi connectivity index (χ0) is 28.9. The van der Waals surface area contributed by atoms with E-state index in [0.717, 1.165) is 12.2 Å². The highest BCUT2D eigenvalue weighted by Gasteiger charge is 1.99. The van der Waals surface area contributed by atoms with Crippen LogP contribution in [0.25, 0.3) is 0 Å². The number of rotatable bonds is 29. The van der Waals surface area contributed by atoms with Crippen LogP contribution in [0.2, 0.25) is 0 Å². The topological polar surface area (TPSA) is 64.6 Å². The fourth-order valence-corrected chi connectivity index (χ4v) is 4.12. The van der Waals surface area contributed by atoms with Crippen molar-refractivity contribution in [2.45, 2.75) is 64.9 Å². The van der Waals surface area contributed by atoms with Gasteiger partial charge < -0.3 is 33.2 Å². The normalized spacial score (nSPS) is 11.2. The molecule has 0 saturated carbocycles. The third-order valence-electron chi connectivity index (χ3n) is 6.46. The quantitative estimate of drug-likeness (QED) is 0.101. The van der Waals surface area contributed by atoms with Gasteiger partial charge in [-0.15, -0.1) is 0 Å². The van der Waals surface area contributed by atoms with Gasteiger partial charge in [-0.1, -0.05) is 87.9 Å². The van der Waals surface area contributed by atoms with E-state index in [-0.39, 0.29) is 0 Å². The van der Waals surface area contributed by atoms with Gasteiger partial charge in [-0.05, 0) is 36.1 Å². The molecule has 0 unspecified atom stereocenters. The van der Waals surface area contributed by atoms with Crippen molar-refractivity contribution >= 4 is 0 Å². The van der Waals surface area contributed by atoms with Crippen LogP contribution in [-0.2, 0) is 41.4 Å². The van der Waals surface area contributed by atoms with Crippen LogP contribution < -0.4 is 4.74 Å². The first-order chi connectivity index (χ1) is 20.4. The Kier molecular flexibility index (Phi) is 23.1. The average Bonchev–Trinajstić information content (AvgIpc) is 3.01. The lowest BCUT2D eigenvalue weighted by Crippen LogP contribution is -2.14. The van der Waals surface area contributed by atoms with Crippen LogP contribution in [0.5, 0.6) is 5.75 Å². The molecule has 0 aromatic heterocycles. The van der Waals surface area contributed by atoms with Crippen LogP contribution in [0, 0.1) is 0 Å². The molecule has 232 valence electrons. The van der Waals surface area contributed by atoms with Gasteiger partial charge in [-0.2, -0.15) is 0 Å². The average molecular weight is 575 g/mol. The summed E-state index contributed by atoms with van der Waals surface area (Å²) >= 11 is 0. The molecule has 0 fully saturated rings. The standard InChI is InChI=1S/C34H54O7/c1-2-3-4-5-6-7-9-12-32-15-17-34(18-16-32)41-30-29-39-26-25-37-22-21-35-19-20-36-23-24-38-27-28-40-31-33-13-10-8-11-14-33/h8,10-11,13-18H,2-7,9,12,19-31H2,1H3. The molecule has 0 aliphatic heterocycles. The number of benzene rings is 2. The van der Waals surface area contributed by atoms with E-state index in [4.69, 9.17) is 33.2 Å². The molecular weight excluding hydrogens is 520 g/mol. The predicted octanol–water partition coefficient (Wildman–Crippen LogP) is 6.66. The Morgan fingerprint density at radius 3 is 1.41 bits per heavy atom. The van der Waals surface area contributed by atoms with Crippen molar-refractivity contribution in [1.82, 2.24) is 0 Å².